The largest absolute Gasteiger partial charge is 0.494 e. The average molecular weight is 504 g/mol. The monoisotopic (exact) mass is 503 g/mol. The molecule has 0 aromatic heterocycles. The van der Waals surface area contributed by atoms with Crippen molar-refractivity contribution in [3.8, 4) is 5.75 Å². The lowest BCUT2D eigenvalue weighted by Crippen LogP contribution is -2.54. The Morgan fingerprint density at radius 1 is 1.06 bits per heavy atom. The highest BCUT2D eigenvalue weighted by molar-refractivity contribution is 9.10. The van der Waals surface area contributed by atoms with Gasteiger partial charge in [0.1, 0.15) is 5.75 Å². The van der Waals surface area contributed by atoms with Crippen molar-refractivity contribution in [3.05, 3.63) is 58.6 Å². The third-order valence-electron chi connectivity index (χ3n) is 5.76. The summed E-state index contributed by atoms with van der Waals surface area (Å²) in [6.07, 6.45) is 1.55. The van der Waals surface area contributed by atoms with E-state index in [-0.39, 0.29) is 16.8 Å². The number of likely N-dealkylation sites (tertiary alicyclic amines) is 1. The molecule has 3 amide bonds. The van der Waals surface area contributed by atoms with Gasteiger partial charge in [-0.05, 0) is 68.3 Å². The summed E-state index contributed by atoms with van der Waals surface area (Å²) in [5.74, 6) is 1.79. The van der Waals surface area contributed by atoms with Crippen molar-refractivity contribution < 1.29 is 14.3 Å². The number of ether oxygens (including phenoxy) is 1. The molecular formula is C23H26BrN3O3S. The zero-order valence-electron chi connectivity index (χ0n) is 17.5. The molecule has 164 valence electrons. The Balaban J connectivity index is 1.37. The minimum atomic E-state index is -0.222. The molecule has 0 aliphatic carbocycles. The highest BCUT2D eigenvalue weighted by atomic mass is 79.9. The molecule has 0 bridgehead atoms. The third-order valence-corrected chi connectivity index (χ3v) is 7.84. The smallest absolute Gasteiger partial charge is 0.321 e. The van der Waals surface area contributed by atoms with E-state index < -0.39 is 0 Å². The van der Waals surface area contributed by atoms with Crippen LogP contribution in [0.1, 0.15) is 30.1 Å². The quantitative estimate of drug-likeness (QED) is 0.633. The van der Waals surface area contributed by atoms with E-state index in [9.17, 15) is 9.59 Å². The van der Waals surface area contributed by atoms with Gasteiger partial charge in [0.2, 0.25) is 0 Å². The molecule has 1 spiro atoms. The number of rotatable bonds is 4. The maximum absolute atomic E-state index is 13.2. The maximum Gasteiger partial charge on any atom is 0.321 e. The normalized spacial score (nSPS) is 17.6. The van der Waals surface area contributed by atoms with Gasteiger partial charge in [0.25, 0.3) is 5.91 Å². The summed E-state index contributed by atoms with van der Waals surface area (Å²) in [7, 11) is 0. The molecule has 0 radical (unpaired) electrons. The molecule has 2 aliphatic heterocycles. The summed E-state index contributed by atoms with van der Waals surface area (Å²) in [6, 6.07) is 14.8. The second-order valence-electron chi connectivity index (χ2n) is 7.63. The summed E-state index contributed by atoms with van der Waals surface area (Å²) in [6.45, 7) is 4.55. The molecule has 0 unspecified atom stereocenters. The fourth-order valence-corrected chi connectivity index (χ4v) is 5.84. The number of nitrogens with one attached hydrogen (secondary N) is 1. The lowest BCUT2D eigenvalue weighted by molar-refractivity contribution is 0.0585. The Morgan fingerprint density at radius 3 is 2.39 bits per heavy atom. The first-order chi connectivity index (χ1) is 15.0. The van der Waals surface area contributed by atoms with Crippen LogP contribution in [0.25, 0.3) is 0 Å². The van der Waals surface area contributed by atoms with Gasteiger partial charge in [0.15, 0.2) is 0 Å². The number of hydrogen-bond donors (Lipinski definition) is 1. The first-order valence-electron chi connectivity index (χ1n) is 10.5. The van der Waals surface area contributed by atoms with Crippen molar-refractivity contribution in [2.75, 3.05) is 37.3 Å². The zero-order chi connectivity index (χ0) is 21.8. The van der Waals surface area contributed by atoms with Crippen LogP contribution in [-0.2, 0) is 0 Å². The molecule has 6 nitrogen and oxygen atoms in total. The number of piperidine rings is 1. The first-order valence-corrected chi connectivity index (χ1v) is 12.3. The van der Waals surface area contributed by atoms with Gasteiger partial charge in [0.05, 0.1) is 11.5 Å². The Morgan fingerprint density at radius 2 is 1.74 bits per heavy atom. The number of benzene rings is 2. The predicted molar refractivity (Wildman–Crippen MR) is 128 cm³/mol. The van der Waals surface area contributed by atoms with Crippen molar-refractivity contribution >= 4 is 45.3 Å². The molecule has 4 rings (SSSR count). The van der Waals surface area contributed by atoms with Crippen molar-refractivity contribution in [2.45, 2.75) is 24.6 Å². The van der Waals surface area contributed by atoms with Gasteiger partial charge in [-0.1, -0.05) is 15.9 Å². The second-order valence-corrected chi connectivity index (χ2v) is 10.0. The van der Waals surface area contributed by atoms with Crippen LogP contribution >= 0.6 is 27.7 Å². The number of hydrogen-bond acceptors (Lipinski definition) is 4. The van der Waals surface area contributed by atoms with Crippen molar-refractivity contribution in [1.82, 2.24) is 9.80 Å². The van der Waals surface area contributed by atoms with Gasteiger partial charge in [-0.2, -0.15) is 0 Å². The second kappa shape index (κ2) is 9.53. The van der Waals surface area contributed by atoms with E-state index in [1.165, 1.54) is 0 Å². The van der Waals surface area contributed by atoms with E-state index in [0.29, 0.717) is 25.3 Å². The molecule has 8 heteroatoms. The van der Waals surface area contributed by atoms with E-state index in [2.05, 4.69) is 21.2 Å². The van der Waals surface area contributed by atoms with Crippen LogP contribution in [0, 0.1) is 0 Å². The van der Waals surface area contributed by atoms with Gasteiger partial charge in [0, 0.05) is 41.1 Å². The topological polar surface area (TPSA) is 61.9 Å². The van der Waals surface area contributed by atoms with Crippen molar-refractivity contribution in [2.24, 2.45) is 0 Å². The van der Waals surface area contributed by atoms with E-state index >= 15 is 0 Å². The Kier molecular flexibility index (Phi) is 6.77. The highest BCUT2D eigenvalue weighted by Gasteiger charge is 2.47. The minimum Gasteiger partial charge on any atom is -0.494 e. The van der Waals surface area contributed by atoms with Gasteiger partial charge < -0.3 is 19.9 Å². The molecule has 2 aromatic rings. The number of thioether (sulfide) groups is 1. The van der Waals surface area contributed by atoms with Crippen LogP contribution in [0.3, 0.4) is 0 Å². The number of anilines is 1. The van der Waals surface area contributed by atoms with Gasteiger partial charge >= 0.3 is 6.03 Å². The number of carbonyl (C=O) groups is 2. The summed E-state index contributed by atoms with van der Waals surface area (Å²) in [4.78, 5) is 29.5. The Bertz CT molecular complexity index is 928. The van der Waals surface area contributed by atoms with Gasteiger partial charge in [-0.25, -0.2) is 4.79 Å². The van der Waals surface area contributed by atoms with Crippen LogP contribution in [0.15, 0.2) is 53.0 Å². The van der Waals surface area contributed by atoms with Crippen LogP contribution in [-0.4, -0.2) is 58.6 Å². The highest BCUT2D eigenvalue weighted by Crippen LogP contribution is 2.44. The zero-order valence-corrected chi connectivity index (χ0v) is 19.9. The standard InChI is InChI=1S/C23H26BrN3O3S/c1-2-30-20-9-7-19(8-10-20)25-22(29)26-13-11-23(12-14-26)27(15-16-31-23)21(28)17-3-5-18(24)6-4-17/h3-10H,2,11-16H2,1H3,(H,25,29). The fraction of sp³-hybridized carbons (Fsp3) is 0.391. The number of halogens is 1. The molecule has 0 saturated carbocycles. The summed E-state index contributed by atoms with van der Waals surface area (Å²) in [5, 5.41) is 2.96. The predicted octanol–water partition coefficient (Wildman–Crippen LogP) is 5.06. The van der Waals surface area contributed by atoms with Crippen molar-refractivity contribution in [1.29, 1.82) is 0 Å². The molecule has 0 atom stereocenters. The molecule has 2 saturated heterocycles. The van der Waals surface area contributed by atoms with E-state index in [4.69, 9.17) is 4.74 Å². The molecule has 2 fully saturated rings. The van der Waals surface area contributed by atoms with Crippen LogP contribution < -0.4 is 10.1 Å². The third kappa shape index (κ3) is 4.85. The minimum absolute atomic E-state index is 0.0739. The lowest BCUT2D eigenvalue weighted by atomic mass is 10.0. The van der Waals surface area contributed by atoms with Gasteiger partial charge in [-0.3, -0.25) is 4.79 Å². The molecule has 2 aliphatic rings. The molecule has 1 N–H and O–H groups in total. The first kappa shape index (κ1) is 22.0. The molecular weight excluding hydrogens is 478 g/mol. The number of nitrogens with zero attached hydrogens (tertiary/aromatic N) is 2. The fourth-order valence-electron chi connectivity index (χ4n) is 4.12. The number of amides is 3. The SMILES string of the molecule is CCOc1ccc(NC(=O)N2CCC3(CC2)SCCN3C(=O)c2ccc(Br)cc2)cc1. The summed E-state index contributed by atoms with van der Waals surface area (Å²) >= 11 is 5.27. The Labute approximate surface area is 195 Å². The Hall–Kier alpha value is -2.19. The van der Waals surface area contributed by atoms with Crippen LogP contribution in [0.2, 0.25) is 0 Å². The van der Waals surface area contributed by atoms with Crippen LogP contribution in [0.4, 0.5) is 10.5 Å². The summed E-state index contributed by atoms with van der Waals surface area (Å²) in [5.41, 5.74) is 1.46. The van der Waals surface area contributed by atoms with E-state index in [1.54, 1.807) is 0 Å². The summed E-state index contributed by atoms with van der Waals surface area (Å²) < 4.78 is 6.40. The maximum atomic E-state index is 13.2. The van der Waals surface area contributed by atoms with Gasteiger partial charge in [-0.15, -0.1) is 11.8 Å². The molecule has 2 aromatic carbocycles. The molecule has 31 heavy (non-hydrogen) atoms. The lowest BCUT2D eigenvalue weighted by Gasteiger charge is -2.44. The average Bonchev–Trinajstić information content (AvgIpc) is 3.18. The molecule has 2 heterocycles. The number of urea groups is 1. The van der Waals surface area contributed by atoms with Crippen LogP contribution in [0.5, 0.6) is 5.75 Å². The van der Waals surface area contributed by atoms with E-state index in [1.807, 2.05) is 77.0 Å². The number of carbonyl (C=O) groups excluding carboxylic acids is 2. The van der Waals surface area contributed by atoms with Crippen molar-refractivity contribution in [3.63, 3.8) is 0 Å². The van der Waals surface area contributed by atoms with E-state index in [0.717, 1.165) is 41.0 Å².